The summed E-state index contributed by atoms with van der Waals surface area (Å²) >= 11 is -0.698. The van der Waals surface area contributed by atoms with Gasteiger partial charge in [-0.25, -0.2) is 0 Å². The Balaban J connectivity index is 0. The van der Waals surface area contributed by atoms with E-state index in [-0.39, 0.29) is 17.0 Å². The van der Waals surface area contributed by atoms with Crippen molar-refractivity contribution in [1.82, 2.24) is 0 Å². The molecule has 0 radical (unpaired) electrons. The van der Waals surface area contributed by atoms with Gasteiger partial charge < -0.3 is 0 Å². The Kier molecular flexibility index (Phi) is 15.9. The molecule has 0 N–H and O–H groups in total. The molecule has 4 heteroatoms. The molecule has 0 aromatic heterocycles. The molecule has 0 amide bonds. The third-order valence-electron chi connectivity index (χ3n) is 0.815. The average molecular weight is 248 g/mol. The summed E-state index contributed by atoms with van der Waals surface area (Å²) in [5.41, 5.74) is 0. The van der Waals surface area contributed by atoms with Crippen LogP contribution in [-0.4, -0.2) is 12.9 Å². The van der Waals surface area contributed by atoms with E-state index in [0.717, 1.165) is 17.9 Å². The quantitative estimate of drug-likeness (QED) is 0.420. The Morgan fingerprint density at radius 1 is 1.67 bits per heavy atom. The van der Waals surface area contributed by atoms with Crippen LogP contribution in [0.3, 0.4) is 0 Å². The van der Waals surface area contributed by atoms with Crippen LogP contribution in [0.2, 0.25) is 5.02 Å². The first-order valence-electron chi connectivity index (χ1n) is 2.93. The van der Waals surface area contributed by atoms with E-state index < -0.39 is 17.5 Å². The third kappa shape index (κ3) is 12.0. The third-order valence-corrected chi connectivity index (χ3v) is 3.74. The fraction of sp³-hybridized carbons (Fsp3) is 0.800. The minimum absolute atomic E-state index is 0. The maximum absolute atomic E-state index is 9.74. The van der Waals surface area contributed by atoms with Crippen molar-refractivity contribution >= 4 is 23.3 Å². The molecule has 0 aliphatic rings. The molecule has 0 heterocycles. The van der Waals surface area contributed by atoms with Gasteiger partial charge in [0.1, 0.15) is 0 Å². The molecule has 0 saturated heterocycles. The molecule has 0 unspecified atom stereocenters. The fourth-order valence-corrected chi connectivity index (χ4v) is 2.15. The van der Waals surface area contributed by atoms with E-state index in [4.69, 9.17) is 3.56 Å². The predicted molar refractivity (Wildman–Crippen MR) is 37.4 cm³/mol. The van der Waals surface area contributed by atoms with Gasteiger partial charge in [0, 0.05) is 0 Å². The van der Waals surface area contributed by atoms with Crippen LogP contribution in [0.4, 0.5) is 0 Å². The molecule has 0 fully saturated rings. The van der Waals surface area contributed by atoms with Crippen LogP contribution in [0.5, 0.6) is 0 Å². The molecule has 9 heavy (non-hydrogen) atoms. The van der Waals surface area contributed by atoms with Gasteiger partial charge in [-0.15, -0.1) is 17.0 Å². The predicted octanol–water partition coefficient (Wildman–Crippen LogP) is 1.61. The van der Waals surface area contributed by atoms with Crippen LogP contribution in [-0.2, 0) is 25.8 Å². The monoisotopic (exact) mass is 246 g/mol. The number of hydrogen-bond acceptors (Lipinski definition) is 2. The molecule has 0 aromatic carbocycles. The summed E-state index contributed by atoms with van der Waals surface area (Å²) in [5.74, 6) is 0. The second-order valence-corrected chi connectivity index (χ2v) is 4.70. The summed E-state index contributed by atoms with van der Waals surface area (Å²) in [4.78, 5) is 9.74. The van der Waals surface area contributed by atoms with Crippen LogP contribution in [0.25, 0.3) is 0 Å². The Morgan fingerprint density at radius 3 is 2.78 bits per heavy atom. The standard InChI is InChI=1S/C3H5O.C2H5O.BrH.Zn/c1-2-3-4;1-2-3;;/h3H,1-2H2;2H2,1H3;1H;/q;-1;;+1. The van der Waals surface area contributed by atoms with Crippen LogP contribution in [0.1, 0.15) is 13.3 Å². The number of aldehydes is 1. The van der Waals surface area contributed by atoms with Crippen molar-refractivity contribution < 1.29 is 25.8 Å². The van der Waals surface area contributed by atoms with Crippen molar-refractivity contribution in [2.75, 3.05) is 6.61 Å². The van der Waals surface area contributed by atoms with Crippen molar-refractivity contribution in [1.29, 1.82) is 0 Å². The molecule has 0 aliphatic heterocycles. The Hall–Kier alpha value is 0.733. The maximum atomic E-state index is 9.74. The van der Waals surface area contributed by atoms with E-state index in [9.17, 15) is 4.79 Å². The van der Waals surface area contributed by atoms with Crippen LogP contribution < -0.4 is 0 Å². The van der Waals surface area contributed by atoms with Gasteiger partial charge in [0.2, 0.25) is 0 Å². The fourth-order valence-electron chi connectivity index (χ4n) is 0.413. The second kappa shape index (κ2) is 11.5. The number of halogens is 1. The van der Waals surface area contributed by atoms with Gasteiger partial charge in [-0.3, -0.25) is 0 Å². The first-order chi connectivity index (χ1) is 3.91. The molecule has 0 aromatic rings. The molecule has 0 saturated carbocycles. The van der Waals surface area contributed by atoms with E-state index in [1.54, 1.807) is 0 Å². The van der Waals surface area contributed by atoms with Gasteiger partial charge in [0.25, 0.3) is 0 Å². The molecule has 0 aliphatic carbocycles. The molecular weight excluding hydrogens is 237 g/mol. The zero-order chi connectivity index (χ0) is 6.24. The molecule has 0 bridgehead atoms. The van der Waals surface area contributed by atoms with Crippen LogP contribution >= 0.6 is 17.0 Å². The van der Waals surface area contributed by atoms with Crippen molar-refractivity contribution in [3.63, 3.8) is 0 Å². The van der Waals surface area contributed by atoms with E-state index >= 15 is 0 Å². The number of carbonyl (C=O) groups excluding carboxylic acids is 1. The summed E-state index contributed by atoms with van der Waals surface area (Å²) in [6, 6.07) is 0. The molecular formula is C5H11BrO2Zn. The van der Waals surface area contributed by atoms with E-state index in [1.165, 1.54) is 0 Å². The van der Waals surface area contributed by atoms with Crippen molar-refractivity contribution in [3.8, 4) is 0 Å². The van der Waals surface area contributed by atoms with E-state index in [0.29, 0.717) is 6.42 Å². The van der Waals surface area contributed by atoms with Crippen molar-refractivity contribution in [2.24, 2.45) is 0 Å². The van der Waals surface area contributed by atoms with Crippen LogP contribution in [0.15, 0.2) is 0 Å². The number of carbonyl (C=O) groups is 1. The van der Waals surface area contributed by atoms with Gasteiger partial charge in [-0.2, -0.15) is 0 Å². The molecule has 52 valence electrons. The minimum atomic E-state index is -0.698. The molecule has 0 rings (SSSR count). The summed E-state index contributed by atoms with van der Waals surface area (Å²) in [6.07, 6.45) is 1.67. The summed E-state index contributed by atoms with van der Waals surface area (Å²) in [6.45, 7) is 2.82. The zero-order valence-electron chi connectivity index (χ0n) is 5.63. The van der Waals surface area contributed by atoms with Crippen molar-refractivity contribution in [3.05, 3.63) is 0 Å². The Morgan fingerprint density at radius 2 is 2.33 bits per heavy atom. The normalized spacial score (nSPS) is 7.22. The summed E-state index contributed by atoms with van der Waals surface area (Å²) in [7, 11) is 0. The molecule has 2 nitrogen and oxygen atoms in total. The first-order valence-corrected chi connectivity index (χ1v) is 6.24. The average Bonchev–Trinajstić information content (AvgIpc) is 1.81. The van der Waals surface area contributed by atoms with E-state index in [1.807, 2.05) is 6.92 Å². The SMILES string of the molecule is Br.CC[O][Zn][CH2]CC=O. The first kappa shape index (κ1) is 12.4. The zero-order valence-corrected chi connectivity index (χ0v) is 10.3. The topological polar surface area (TPSA) is 26.3 Å². The summed E-state index contributed by atoms with van der Waals surface area (Å²) < 4.78 is 5.16. The Bertz CT molecular complexity index is 60.9. The van der Waals surface area contributed by atoms with E-state index in [2.05, 4.69) is 0 Å². The number of rotatable bonds is 5. The molecule has 0 spiro atoms. The van der Waals surface area contributed by atoms with Gasteiger partial charge >= 0.3 is 57.1 Å². The van der Waals surface area contributed by atoms with Gasteiger partial charge in [0.15, 0.2) is 0 Å². The van der Waals surface area contributed by atoms with Gasteiger partial charge in [-0.05, 0) is 0 Å². The van der Waals surface area contributed by atoms with Crippen molar-refractivity contribution in [2.45, 2.75) is 18.4 Å². The summed E-state index contributed by atoms with van der Waals surface area (Å²) in [5, 5.41) is 1.05. The number of hydrogen-bond donors (Lipinski definition) is 0. The van der Waals surface area contributed by atoms with Crippen LogP contribution in [0, 0.1) is 0 Å². The second-order valence-electron chi connectivity index (χ2n) is 1.51. The van der Waals surface area contributed by atoms with Gasteiger partial charge in [-0.1, -0.05) is 0 Å². The molecule has 0 atom stereocenters. The van der Waals surface area contributed by atoms with Gasteiger partial charge in [0.05, 0.1) is 0 Å². The Labute approximate surface area is 74.1 Å².